The number of nitrogens with zero attached hydrogens (tertiary/aromatic N) is 4. The van der Waals surface area contributed by atoms with Crippen LogP contribution in [-0.2, 0) is 24.6 Å². The molecule has 2 atom stereocenters. The number of aromatic nitrogens is 4. The Morgan fingerprint density at radius 2 is 2.12 bits per heavy atom. The molecule has 1 aliphatic heterocycles. The van der Waals surface area contributed by atoms with E-state index in [1.54, 1.807) is 0 Å². The molecule has 1 saturated heterocycles. The molecule has 1 aliphatic carbocycles. The van der Waals surface area contributed by atoms with Crippen molar-refractivity contribution in [3.05, 3.63) is 35.5 Å². The van der Waals surface area contributed by atoms with E-state index in [2.05, 4.69) is 21.5 Å². The van der Waals surface area contributed by atoms with Crippen molar-refractivity contribution in [2.45, 2.75) is 44.6 Å². The molecule has 0 aromatic carbocycles. The van der Waals surface area contributed by atoms with Gasteiger partial charge in [0.05, 0.1) is 23.3 Å². The Hall–Kier alpha value is -1.95. The molecule has 0 saturated carbocycles. The molecule has 2 aliphatic rings. The Kier molecular flexibility index (Phi) is 4.47. The Labute approximate surface area is 142 Å². The van der Waals surface area contributed by atoms with E-state index in [1.165, 1.54) is 24.2 Å². The van der Waals surface area contributed by atoms with E-state index in [-0.39, 0.29) is 6.10 Å². The number of rotatable bonds is 4. The van der Waals surface area contributed by atoms with E-state index >= 15 is 0 Å². The van der Waals surface area contributed by atoms with Crippen molar-refractivity contribution in [3.63, 3.8) is 0 Å². The summed E-state index contributed by atoms with van der Waals surface area (Å²) in [5.74, 6) is 1.32. The van der Waals surface area contributed by atoms with Gasteiger partial charge in [-0.1, -0.05) is 0 Å². The van der Waals surface area contributed by atoms with Gasteiger partial charge in [0, 0.05) is 32.3 Å². The lowest BCUT2D eigenvalue weighted by Gasteiger charge is -2.32. The summed E-state index contributed by atoms with van der Waals surface area (Å²) in [6.07, 6.45) is 10.7. The zero-order valence-electron chi connectivity index (χ0n) is 14.2. The summed E-state index contributed by atoms with van der Waals surface area (Å²) in [5.41, 5.74) is 3.51. The normalized spacial score (nSPS) is 23.7. The molecule has 0 amide bonds. The molecule has 0 radical (unpaired) electrons. The highest BCUT2D eigenvalue weighted by molar-refractivity contribution is 5.34. The van der Waals surface area contributed by atoms with Crippen LogP contribution in [0.4, 0.5) is 5.82 Å². The molecular formula is C18H25N5O. The highest BCUT2D eigenvalue weighted by atomic mass is 16.5. The van der Waals surface area contributed by atoms with Crippen LogP contribution in [-0.4, -0.2) is 32.9 Å². The fourth-order valence-corrected chi connectivity index (χ4v) is 3.81. The average Bonchev–Trinajstić information content (AvgIpc) is 3.06. The topological polar surface area (TPSA) is 64.9 Å². The second-order valence-electron chi connectivity index (χ2n) is 6.81. The van der Waals surface area contributed by atoms with Crippen molar-refractivity contribution in [1.82, 2.24) is 19.7 Å². The van der Waals surface area contributed by atoms with Crippen LogP contribution in [0.3, 0.4) is 0 Å². The first-order valence-electron chi connectivity index (χ1n) is 8.99. The molecule has 1 N–H and O–H groups in total. The molecule has 0 unspecified atom stereocenters. The first-order valence-corrected chi connectivity index (χ1v) is 8.99. The molecule has 6 nitrogen and oxygen atoms in total. The summed E-state index contributed by atoms with van der Waals surface area (Å²) in [7, 11) is 1.98. The second-order valence-corrected chi connectivity index (χ2v) is 6.81. The van der Waals surface area contributed by atoms with Gasteiger partial charge in [0.15, 0.2) is 0 Å². The molecule has 0 bridgehead atoms. The van der Waals surface area contributed by atoms with Crippen LogP contribution in [0.25, 0.3) is 0 Å². The van der Waals surface area contributed by atoms with Crippen LogP contribution in [0.15, 0.2) is 18.5 Å². The van der Waals surface area contributed by atoms with Crippen LogP contribution in [0.1, 0.15) is 48.9 Å². The van der Waals surface area contributed by atoms with Crippen LogP contribution in [0.2, 0.25) is 0 Å². The Balaban J connectivity index is 1.45. The van der Waals surface area contributed by atoms with Gasteiger partial charge in [0.1, 0.15) is 11.9 Å². The number of aryl methyl sites for hydroxylation is 3. The van der Waals surface area contributed by atoms with E-state index in [0.29, 0.717) is 5.92 Å². The van der Waals surface area contributed by atoms with E-state index < -0.39 is 0 Å². The van der Waals surface area contributed by atoms with Gasteiger partial charge in [-0.3, -0.25) is 9.67 Å². The molecule has 2 aromatic heterocycles. The highest BCUT2D eigenvalue weighted by Crippen LogP contribution is 2.33. The highest BCUT2D eigenvalue weighted by Gasteiger charge is 2.29. The van der Waals surface area contributed by atoms with Crippen molar-refractivity contribution in [2.24, 2.45) is 13.0 Å². The number of fused-ring (bicyclic) bond motifs is 1. The molecule has 3 heterocycles. The second kappa shape index (κ2) is 6.89. The predicted octanol–water partition coefficient (Wildman–Crippen LogP) is 2.67. The number of hydrogen-bond donors (Lipinski definition) is 1. The lowest BCUT2D eigenvalue weighted by atomic mass is 9.92. The lowest BCUT2D eigenvalue weighted by molar-refractivity contribution is -0.0284. The Morgan fingerprint density at radius 3 is 2.96 bits per heavy atom. The third-order valence-electron chi connectivity index (χ3n) is 5.15. The van der Waals surface area contributed by atoms with E-state index in [0.717, 1.165) is 50.3 Å². The monoisotopic (exact) mass is 327 g/mol. The minimum atomic E-state index is 0.101. The molecule has 2 aromatic rings. The van der Waals surface area contributed by atoms with Crippen molar-refractivity contribution in [3.8, 4) is 0 Å². The van der Waals surface area contributed by atoms with E-state index in [1.807, 2.05) is 24.1 Å². The van der Waals surface area contributed by atoms with Gasteiger partial charge in [-0.25, -0.2) is 4.98 Å². The zero-order chi connectivity index (χ0) is 16.4. The molecule has 24 heavy (non-hydrogen) atoms. The maximum Gasteiger partial charge on any atom is 0.144 e. The van der Waals surface area contributed by atoms with Crippen LogP contribution >= 0.6 is 0 Å². The fraction of sp³-hybridized carbons (Fsp3) is 0.611. The molecular weight excluding hydrogens is 302 g/mol. The number of anilines is 1. The first-order chi connectivity index (χ1) is 11.8. The first kappa shape index (κ1) is 15.6. The molecule has 128 valence electrons. The summed E-state index contributed by atoms with van der Waals surface area (Å²) < 4.78 is 7.98. The number of nitrogens with one attached hydrogen (secondary N) is 1. The van der Waals surface area contributed by atoms with Gasteiger partial charge < -0.3 is 10.1 Å². The number of ether oxygens (including phenoxy) is 1. The third-order valence-corrected chi connectivity index (χ3v) is 5.15. The quantitative estimate of drug-likeness (QED) is 0.935. The van der Waals surface area contributed by atoms with Crippen molar-refractivity contribution < 1.29 is 4.74 Å². The maximum absolute atomic E-state index is 6.06. The minimum absolute atomic E-state index is 0.101. The summed E-state index contributed by atoms with van der Waals surface area (Å²) in [6, 6.07) is 2.06. The molecule has 1 fully saturated rings. The van der Waals surface area contributed by atoms with Crippen LogP contribution in [0.5, 0.6) is 0 Å². The van der Waals surface area contributed by atoms with Gasteiger partial charge >= 0.3 is 0 Å². The van der Waals surface area contributed by atoms with Crippen molar-refractivity contribution in [2.75, 3.05) is 18.5 Å². The smallest absolute Gasteiger partial charge is 0.144 e. The fourth-order valence-electron chi connectivity index (χ4n) is 3.81. The predicted molar refractivity (Wildman–Crippen MR) is 91.8 cm³/mol. The van der Waals surface area contributed by atoms with Crippen LogP contribution in [0, 0.1) is 5.92 Å². The van der Waals surface area contributed by atoms with Gasteiger partial charge in [-0.15, -0.1) is 0 Å². The van der Waals surface area contributed by atoms with Gasteiger partial charge in [-0.05, 0) is 44.6 Å². The van der Waals surface area contributed by atoms with Crippen LogP contribution < -0.4 is 5.32 Å². The maximum atomic E-state index is 6.06. The van der Waals surface area contributed by atoms with Crippen molar-refractivity contribution >= 4 is 5.82 Å². The molecule has 6 heteroatoms. The largest absolute Gasteiger partial charge is 0.372 e. The summed E-state index contributed by atoms with van der Waals surface area (Å²) >= 11 is 0. The summed E-state index contributed by atoms with van der Waals surface area (Å²) in [6.45, 7) is 1.67. The van der Waals surface area contributed by atoms with E-state index in [4.69, 9.17) is 9.72 Å². The molecule has 4 rings (SSSR count). The van der Waals surface area contributed by atoms with Crippen molar-refractivity contribution in [1.29, 1.82) is 0 Å². The minimum Gasteiger partial charge on any atom is -0.372 e. The SMILES string of the molecule is Cn1nccc1[C@@H]1OCCC[C@H]1CNc1cnc2c(n1)CCCC2. The third kappa shape index (κ3) is 3.15. The van der Waals surface area contributed by atoms with Gasteiger partial charge in [0.25, 0.3) is 0 Å². The van der Waals surface area contributed by atoms with Gasteiger partial charge in [-0.2, -0.15) is 5.10 Å². The average molecular weight is 327 g/mol. The summed E-state index contributed by atoms with van der Waals surface area (Å²) in [4.78, 5) is 9.37. The summed E-state index contributed by atoms with van der Waals surface area (Å²) in [5, 5.41) is 7.78. The lowest BCUT2D eigenvalue weighted by Crippen LogP contribution is -2.30. The molecule has 0 spiro atoms. The Bertz CT molecular complexity index is 698. The Morgan fingerprint density at radius 1 is 1.25 bits per heavy atom. The standard InChI is InChI=1S/C18H25N5O/c1-23-16(8-9-21-23)18-13(5-4-10-24-18)11-20-17-12-19-14-6-2-3-7-15(14)22-17/h8-9,12-13,18H,2-7,10-11H2,1H3,(H,20,22)/t13-,18+/m0/s1. The van der Waals surface area contributed by atoms with E-state index in [9.17, 15) is 0 Å². The zero-order valence-corrected chi connectivity index (χ0v) is 14.2. The van der Waals surface area contributed by atoms with Gasteiger partial charge in [0.2, 0.25) is 0 Å². The number of hydrogen-bond acceptors (Lipinski definition) is 5.